The van der Waals surface area contributed by atoms with Crippen LogP contribution in [0.2, 0.25) is 0 Å². The van der Waals surface area contributed by atoms with E-state index in [-0.39, 0.29) is 6.42 Å². The van der Waals surface area contributed by atoms with Crippen LogP contribution in [0.15, 0.2) is 35.2 Å². The minimum atomic E-state index is -0.873. The summed E-state index contributed by atoms with van der Waals surface area (Å²) in [6.45, 7) is 2.00. The molecule has 0 fully saturated rings. The molecule has 0 spiro atoms. The van der Waals surface area contributed by atoms with Gasteiger partial charge in [-0.1, -0.05) is 15.9 Å². The number of hydrogen-bond acceptors (Lipinski definition) is 2. The van der Waals surface area contributed by atoms with Crippen LogP contribution in [-0.2, 0) is 11.2 Å². The highest BCUT2D eigenvalue weighted by molar-refractivity contribution is 9.10. The molecule has 1 aromatic heterocycles. The van der Waals surface area contributed by atoms with E-state index in [1.807, 2.05) is 29.7 Å². The topological polar surface area (TPSA) is 55.1 Å². The van der Waals surface area contributed by atoms with E-state index in [1.165, 1.54) is 0 Å². The van der Waals surface area contributed by atoms with Gasteiger partial charge in [-0.2, -0.15) is 0 Å². The molecule has 0 bridgehead atoms. The van der Waals surface area contributed by atoms with Crippen LogP contribution in [0.4, 0.5) is 0 Å². The van der Waals surface area contributed by atoms with Gasteiger partial charge < -0.3 is 9.67 Å². The summed E-state index contributed by atoms with van der Waals surface area (Å²) in [5.74, 6) is -0.873. The number of carboxylic acids is 1. The summed E-state index contributed by atoms with van der Waals surface area (Å²) < 4.78 is 2.87. The Hall–Kier alpha value is -1.62. The van der Waals surface area contributed by atoms with Crippen LogP contribution in [0, 0.1) is 6.92 Å². The predicted molar refractivity (Wildman–Crippen MR) is 67.3 cm³/mol. The van der Waals surface area contributed by atoms with E-state index in [9.17, 15) is 4.79 Å². The summed E-state index contributed by atoms with van der Waals surface area (Å²) >= 11 is 3.44. The van der Waals surface area contributed by atoms with E-state index in [0.29, 0.717) is 5.69 Å². The lowest BCUT2D eigenvalue weighted by atomic mass is 10.2. The number of carboxylic acid groups (broad SMARTS) is 1. The average Bonchev–Trinajstić information content (AvgIpc) is 2.69. The number of aryl methyl sites for hydroxylation is 1. The fourth-order valence-corrected chi connectivity index (χ4v) is 1.79. The molecule has 88 valence electrons. The maximum absolute atomic E-state index is 10.6. The van der Waals surface area contributed by atoms with Crippen molar-refractivity contribution in [2.75, 3.05) is 0 Å². The monoisotopic (exact) mass is 294 g/mol. The SMILES string of the molecule is Cc1cc(-n2cnc(CC(=O)O)c2)ccc1Br. The zero-order valence-corrected chi connectivity index (χ0v) is 10.8. The van der Waals surface area contributed by atoms with Gasteiger partial charge in [0.05, 0.1) is 18.4 Å². The number of benzene rings is 1. The number of rotatable bonds is 3. The van der Waals surface area contributed by atoms with Crippen molar-refractivity contribution in [3.05, 3.63) is 46.5 Å². The first-order valence-corrected chi connectivity index (χ1v) is 5.87. The van der Waals surface area contributed by atoms with Crippen molar-refractivity contribution in [2.45, 2.75) is 13.3 Å². The van der Waals surface area contributed by atoms with Crippen LogP contribution in [-0.4, -0.2) is 20.6 Å². The minimum Gasteiger partial charge on any atom is -0.481 e. The van der Waals surface area contributed by atoms with Crippen LogP contribution in [0.25, 0.3) is 5.69 Å². The fourth-order valence-electron chi connectivity index (χ4n) is 1.54. The van der Waals surface area contributed by atoms with Gasteiger partial charge in [0.1, 0.15) is 0 Å². The Bertz CT molecular complexity index is 563. The molecule has 0 unspecified atom stereocenters. The summed E-state index contributed by atoms with van der Waals surface area (Å²) in [6, 6.07) is 5.92. The third kappa shape index (κ3) is 2.74. The van der Waals surface area contributed by atoms with Gasteiger partial charge in [-0.15, -0.1) is 0 Å². The highest BCUT2D eigenvalue weighted by Crippen LogP contribution is 2.19. The van der Waals surface area contributed by atoms with Gasteiger partial charge in [-0.3, -0.25) is 4.79 Å². The van der Waals surface area contributed by atoms with Crippen LogP contribution < -0.4 is 0 Å². The molecule has 2 rings (SSSR count). The van der Waals surface area contributed by atoms with E-state index in [2.05, 4.69) is 20.9 Å². The van der Waals surface area contributed by atoms with Gasteiger partial charge >= 0.3 is 5.97 Å². The number of aromatic nitrogens is 2. The Morgan fingerprint density at radius 3 is 2.94 bits per heavy atom. The first kappa shape index (κ1) is 11.9. The molecule has 0 amide bonds. The van der Waals surface area contributed by atoms with Gasteiger partial charge in [0.25, 0.3) is 0 Å². The van der Waals surface area contributed by atoms with Crippen LogP contribution in [0.3, 0.4) is 0 Å². The fraction of sp³-hybridized carbons (Fsp3) is 0.167. The molecule has 1 N–H and O–H groups in total. The van der Waals surface area contributed by atoms with Gasteiger partial charge in [0.2, 0.25) is 0 Å². The maximum Gasteiger partial charge on any atom is 0.309 e. The van der Waals surface area contributed by atoms with Gasteiger partial charge in [0, 0.05) is 16.4 Å². The maximum atomic E-state index is 10.6. The normalized spacial score (nSPS) is 10.5. The standard InChI is InChI=1S/C12H11BrN2O2/c1-8-4-10(2-3-11(8)13)15-6-9(14-7-15)5-12(16)17/h2-4,6-7H,5H2,1H3,(H,16,17). The lowest BCUT2D eigenvalue weighted by molar-refractivity contribution is -0.136. The molecule has 5 heteroatoms. The van der Waals surface area contributed by atoms with E-state index >= 15 is 0 Å². The Labute approximate surface area is 107 Å². The molecule has 0 radical (unpaired) electrons. The summed E-state index contributed by atoms with van der Waals surface area (Å²) in [6.07, 6.45) is 3.31. The van der Waals surface area contributed by atoms with Crippen molar-refractivity contribution in [3.63, 3.8) is 0 Å². The van der Waals surface area contributed by atoms with Crippen molar-refractivity contribution in [1.29, 1.82) is 0 Å². The number of aliphatic carboxylic acids is 1. The molecule has 1 heterocycles. The van der Waals surface area contributed by atoms with Crippen molar-refractivity contribution >= 4 is 21.9 Å². The second-order valence-corrected chi connectivity index (χ2v) is 4.63. The molecule has 2 aromatic rings. The van der Waals surface area contributed by atoms with Crippen molar-refractivity contribution in [1.82, 2.24) is 9.55 Å². The molecular weight excluding hydrogens is 284 g/mol. The van der Waals surface area contributed by atoms with Crippen LogP contribution >= 0.6 is 15.9 Å². The van der Waals surface area contributed by atoms with Gasteiger partial charge in [-0.25, -0.2) is 4.98 Å². The van der Waals surface area contributed by atoms with Gasteiger partial charge in [-0.05, 0) is 30.7 Å². The third-order valence-corrected chi connectivity index (χ3v) is 3.30. The first-order valence-electron chi connectivity index (χ1n) is 5.07. The molecule has 0 aliphatic carbocycles. The molecule has 4 nitrogen and oxygen atoms in total. The summed E-state index contributed by atoms with van der Waals surface area (Å²) in [4.78, 5) is 14.6. The summed E-state index contributed by atoms with van der Waals surface area (Å²) in [5, 5.41) is 8.67. The number of carbonyl (C=O) groups is 1. The largest absolute Gasteiger partial charge is 0.481 e. The van der Waals surface area contributed by atoms with Crippen molar-refractivity contribution < 1.29 is 9.90 Å². The highest BCUT2D eigenvalue weighted by Gasteiger charge is 2.05. The summed E-state index contributed by atoms with van der Waals surface area (Å²) in [5.41, 5.74) is 2.64. The smallest absolute Gasteiger partial charge is 0.309 e. The Kier molecular flexibility index (Phi) is 3.28. The number of imidazole rings is 1. The zero-order chi connectivity index (χ0) is 12.4. The van der Waals surface area contributed by atoms with E-state index < -0.39 is 5.97 Å². The van der Waals surface area contributed by atoms with Crippen molar-refractivity contribution in [3.8, 4) is 5.69 Å². The second kappa shape index (κ2) is 4.71. The number of hydrogen-bond donors (Lipinski definition) is 1. The summed E-state index contributed by atoms with van der Waals surface area (Å²) in [7, 11) is 0. The molecular formula is C12H11BrN2O2. The minimum absolute atomic E-state index is 0.0531. The lowest BCUT2D eigenvalue weighted by Crippen LogP contribution is -1.99. The van der Waals surface area contributed by atoms with Crippen LogP contribution in [0.5, 0.6) is 0 Å². The lowest BCUT2D eigenvalue weighted by Gasteiger charge is -2.04. The zero-order valence-electron chi connectivity index (χ0n) is 9.22. The number of halogens is 1. The molecule has 0 aliphatic rings. The first-order chi connectivity index (χ1) is 8.06. The van der Waals surface area contributed by atoms with Crippen LogP contribution in [0.1, 0.15) is 11.3 Å². The van der Waals surface area contributed by atoms with Gasteiger partial charge in [0.15, 0.2) is 0 Å². The molecule has 0 saturated heterocycles. The quantitative estimate of drug-likeness (QED) is 0.947. The third-order valence-electron chi connectivity index (χ3n) is 2.41. The molecule has 17 heavy (non-hydrogen) atoms. The molecule has 0 aliphatic heterocycles. The van der Waals surface area contributed by atoms with Crippen molar-refractivity contribution in [2.24, 2.45) is 0 Å². The predicted octanol–water partition coefficient (Wildman–Crippen LogP) is 2.57. The Morgan fingerprint density at radius 1 is 1.53 bits per heavy atom. The highest BCUT2D eigenvalue weighted by atomic mass is 79.9. The van der Waals surface area contributed by atoms with E-state index in [0.717, 1.165) is 15.7 Å². The van der Waals surface area contributed by atoms with E-state index in [4.69, 9.17) is 5.11 Å². The average molecular weight is 295 g/mol. The molecule has 1 aromatic carbocycles. The molecule has 0 atom stereocenters. The Morgan fingerprint density at radius 2 is 2.29 bits per heavy atom. The number of nitrogens with zero attached hydrogens (tertiary/aromatic N) is 2. The van der Waals surface area contributed by atoms with E-state index in [1.54, 1.807) is 12.5 Å². The second-order valence-electron chi connectivity index (χ2n) is 3.78. The Balaban J connectivity index is 2.30. The molecule has 0 saturated carbocycles.